The Kier molecular flexibility index (Phi) is 5.77. The average Bonchev–Trinajstić information content (AvgIpc) is 3.17. The van der Waals surface area contributed by atoms with Crippen LogP contribution >= 0.6 is 23.1 Å². The highest BCUT2D eigenvalue weighted by Gasteiger charge is 2.23. The fourth-order valence-corrected chi connectivity index (χ4v) is 4.42. The SMILES string of the molecule is COC(=O)C(CC(C)C)NC(=O)CSc1nnc2sc3ccccc3n12. The summed E-state index contributed by atoms with van der Waals surface area (Å²) in [7, 11) is 1.32. The van der Waals surface area contributed by atoms with E-state index in [1.54, 1.807) is 11.3 Å². The van der Waals surface area contributed by atoms with Gasteiger partial charge in [-0.1, -0.05) is 49.1 Å². The monoisotopic (exact) mass is 392 g/mol. The van der Waals surface area contributed by atoms with Crippen molar-refractivity contribution in [3.8, 4) is 0 Å². The van der Waals surface area contributed by atoms with Crippen LogP contribution in [0.5, 0.6) is 0 Å². The maximum absolute atomic E-state index is 12.3. The number of methoxy groups -OCH3 is 1. The maximum Gasteiger partial charge on any atom is 0.328 e. The number of nitrogens with one attached hydrogen (secondary N) is 1. The molecule has 138 valence electrons. The van der Waals surface area contributed by atoms with Crippen molar-refractivity contribution in [3.05, 3.63) is 24.3 Å². The smallest absolute Gasteiger partial charge is 0.328 e. The summed E-state index contributed by atoms with van der Waals surface area (Å²) in [6, 6.07) is 7.34. The fraction of sp³-hybridized carbons (Fsp3) is 0.412. The van der Waals surface area contributed by atoms with Gasteiger partial charge in [0.15, 0.2) is 5.16 Å². The molecule has 3 aromatic rings. The third kappa shape index (κ3) is 3.99. The van der Waals surface area contributed by atoms with Crippen molar-refractivity contribution in [3.63, 3.8) is 0 Å². The number of fused-ring (bicyclic) bond motifs is 3. The zero-order valence-corrected chi connectivity index (χ0v) is 16.4. The van der Waals surface area contributed by atoms with Crippen LogP contribution in [-0.2, 0) is 14.3 Å². The van der Waals surface area contributed by atoms with Gasteiger partial charge in [-0.2, -0.15) is 0 Å². The zero-order valence-electron chi connectivity index (χ0n) is 14.8. The van der Waals surface area contributed by atoms with Crippen LogP contribution < -0.4 is 5.32 Å². The summed E-state index contributed by atoms with van der Waals surface area (Å²) in [4.78, 5) is 24.9. The highest BCUT2D eigenvalue weighted by molar-refractivity contribution is 7.99. The second-order valence-electron chi connectivity index (χ2n) is 6.23. The van der Waals surface area contributed by atoms with Crippen LogP contribution in [0.25, 0.3) is 15.2 Å². The van der Waals surface area contributed by atoms with Gasteiger partial charge in [0.25, 0.3) is 0 Å². The predicted molar refractivity (Wildman–Crippen MR) is 102 cm³/mol. The third-order valence-electron chi connectivity index (χ3n) is 3.77. The first-order chi connectivity index (χ1) is 12.5. The van der Waals surface area contributed by atoms with Crippen molar-refractivity contribution < 1.29 is 14.3 Å². The molecule has 9 heteroatoms. The lowest BCUT2D eigenvalue weighted by Crippen LogP contribution is -2.43. The quantitative estimate of drug-likeness (QED) is 0.492. The molecule has 7 nitrogen and oxygen atoms in total. The topological polar surface area (TPSA) is 85.6 Å². The molecule has 0 aliphatic carbocycles. The number of carbonyl (C=O) groups excluding carboxylic acids is 2. The van der Waals surface area contributed by atoms with Crippen LogP contribution in [0, 0.1) is 5.92 Å². The van der Waals surface area contributed by atoms with Crippen LogP contribution in [0.2, 0.25) is 0 Å². The van der Waals surface area contributed by atoms with Gasteiger partial charge >= 0.3 is 5.97 Å². The van der Waals surface area contributed by atoms with Crippen LogP contribution in [0.4, 0.5) is 0 Å². The van der Waals surface area contributed by atoms with Gasteiger partial charge in [0.05, 0.1) is 23.1 Å². The molecule has 0 radical (unpaired) electrons. The summed E-state index contributed by atoms with van der Waals surface area (Å²) in [5.74, 6) is -0.246. The summed E-state index contributed by atoms with van der Waals surface area (Å²) in [5.41, 5.74) is 1.02. The van der Waals surface area contributed by atoms with Gasteiger partial charge in [-0.25, -0.2) is 4.79 Å². The number of aromatic nitrogens is 3. The van der Waals surface area contributed by atoms with E-state index in [1.807, 2.05) is 42.5 Å². The van der Waals surface area contributed by atoms with Crippen LogP contribution in [0.15, 0.2) is 29.4 Å². The number of esters is 1. The first-order valence-corrected chi connectivity index (χ1v) is 10.0. The van der Waals surface area contributed by atoms with Gasteiger partial charge in [0.1, 0.15) is 6.04 Å². The molecule has 1 N–H and O–H groups in total. The Bertz CT molecular complexity index is 935. The van der Waals surface area contributed by atoms with Crippen molar-refractivity contribution in [2.24, 2.45) is 5.92 Å². The van der Waals surface area contributed by atoms with Crippen molar-refractivity contribution in [2.45, 2.75) is 31.5 Å². The van der Waals surface area contributed by atoms with Gasteiger partial charge in [0.2, 0.25) is 10.9 Å². The number of para-hydroxylation sites is 1. The van der Waals surface area contributed by atoms with Crippen LogP contribution in [-0.4, -0.2) is 45.4 Å². The Morgan fingerprint density at radius 3 is 2.81 bits per heavy atom. The zero-order chi connectivity index (χ0) is 18.7. The molecule has 0 saturated carbocycles. The van der Waals surface area contributed by atoms with Crippen molar-refractivity contribution in [2.75, 3.05) is 12.9 Å². The van der Waals surface area contributed by atoms with E-state index in [0.29, 0.717) is 11.6 Å². The fourth-order valence-electron chi connectivity index (χ4n) is 2.64. The number of thioether (sulfide) groups is 1. The molecule has 3 rings (SSSR count). The lowest BCUT2D eigenvalue weighted by Gasteiger charge is -2.18. The molecule has 0 spiro atoms. The molecular formula is C17H20N4O3S2. The summed E-state index contributed by atoms with van der Waals surface area (Å²) >= 11 is 2.85. The molecule has 2 aromatic heterocycles. The molecule has 0 fully saturated rings. The highest BCUT2D eigenvalue weighted by Crippen LogP contribution is 2.29. The second-order valence-corrected chi connectivity index (χ2v) is 8.18. The van der Waals surface area contributed by atoms with Crippen molar-refractivity contribution >= 4 is 50.2 Å². The van der Waals surface area contributed by atoms with E-state index in [-0.39, 0.29) is 17.6 Å². The van der Waals surface area contributed by atoms with Gasteiger partial charge in [-0.05, 0) is 24.5 Å². The van der Waals surface area contributed by atoms with E-state index in [1.165, 1.54) is 18.9 Å². The van der Waals surface area contributed by atoms with E-state index in [2.05, 4.69) is 15.5 Å². The van der Waals surface area contributed by atoms with Gasteiger partial charge < -0.3 is 10.1 Å². The molecule has 1 aromatic carbocycles. The summed E-state index contributed by atoms with van der Waals surface area (Å²) in [6.45, 7) is 3.98. The summed E-state index contributed by atoms with van der Waals surface area (Å²) < 4.78 is 7.84. The normalized spacial score (nSPS) is 12.6. The Balaban J connectivity index is 1.69. The third-order valence-corrected chi connectivity index (χ3v) is 5.71. The molecule has 1 atom stereocenters. The summed E-state index contributed by atoms with van der Waals surface area (Å²) in [5, 5.41) is 11.8. The molecule has 1 amide bonds. The minimum Gasteiger partial charge on any atom is -0.467 e. The second kappa shape index (κ2) is 8.05. The molecule has 26 heavy (non-hydrogen) atoms. The Labute approximate surface area is 159 Å². The number of nitrogens with zero attached hydrogens (tertiary/aromatic N) is 3. The average molecular weight is 393 g/mol. The van der Waals surface area contributed by atoms with Crippen LogP contribution in [0.1, 0.15) is 20.3 Å². The number of carbonyl (C=O) groups is 2. The van der Waals surface area contributed by atoms with E-state index < -0.39 is 12.0 Å². The number of ether oxygens (including phenoxy) is 1. The Morgan fingerprint density at radius 2 is 2.08 bits per heavy atom. The van der Waals surface area contributed by atoms with E-state index in [0.717, 1.165) is 15.2 Å². The Hall–Kier alpha value is -2.13. The highest BCUT2D eigenvalue weighted by atomic mass is 32.2. The minimum absolute atomic E-state index is 0.149. The number of amides is 1. The first-order valence-electron chi connectivity index (χ1n) is 8.22. The van der Waals surface area contributed by atoms with E-state index in [4.69, 9.17) is 4.74 Å². The number of benzene rings is 1. The number of hydrogen-bond acceptors (Lipinski definition) is 7. The van der Waals surface area contributed by atoms with E-state index in [9.17, 15) is 9.59 Å². The van der Waals surface area contributed by atoms with Gasteiger partial charge in [0, 0.05) is 0 Å². The summed E-state index contributed by atoms with van der Waals surface area (Å²) in [6.07, 6.45) is 0.535. The molecule has 2 heterocycles. The van der Waals surface area contributed by atoms with E-state index >= 15 is 0 Å². The number of rotatable bonds is 7. The van der Waals surface area contributed by atoms with Crippen molar-refractivity contribution in [1.82, 2.24) is 19.9 Å². The maximum atomic E-state index is 12.3. The number of thiazole rings is 1. The largest absolute Gasteiger partial charge is 0.467 e. The van der Waals surface area contributed by atoms with Crippen molar-refractivity contribution in [1.29, 1.82) is 0 Å². The lowest BCUT2D eigenvalue weighted by molar-refractivity contribution is -0.145. The van der Waals surface area contributed by atoms with Gasteiger partial charge in [-0.3, -0.25) is 9.20 Å². The Morgan fingerprint density at radius 1 is 1.31 bits per heavy atom. The molecule has 0 aliphatic heterocycles. The molecule has 0 saturated heterocycles. The lowest BCUT2D eigenvalue weighted by atomic mass is 10.0. The first kappa shape index (κ1) is 18.7. The van der Waals surface area contributed by atoms with Gasteiger partial charge in [-0.15, -0.1) is 10.2 Å². The molecular weight excluding hydrogens is 372 g/mol. The number of hydrogen-bond donors (Lipinski definition) is 1. The molecule has 0 bridgehead atoms. The molecule has 0 aliphatic rings. The standard InChI is InChI=1S/C17H20N4O3S2/c1-10(2)8-11(15(23)24-3)18-14(22)9-25-16-19-20-17-21(16)12-6-4-5-7-13(12)26-17/h4-7,10-11H,8-9H2,1-3H3,(H,18,22). The van der Waals surface area contributed by atoms with Crippen LogP contribution in [0.3, 0.4) is 0 Å². The molecule has 1 unspecified atom stereocenters. The predicted octanol–water partition coefficient (Wildman–Crippen LogP) is 2.74. The minimum atomic E-state index is -0.631.